The number of carbonyl (C=O) groups excluding carboxylic acids is 1. The number of aromatic nitrogens is 1. The Morgan fingerprint density at radius 3 is 2.71 bits per heavy atom. The Bertz CT molecular complexity index is 1060. The lowest BCUT2D eigenvalue weighted by Crippen LogP contribution is -2.34. The second-order valence-corrected chi connectivity index (χ2v) is 9.17. The number of carbonyl (C=O) groups is 1. The molecule has 0 radical (unpaired) electrons. The summed E-state index contributed by atoms with van der Waals surface area (Å²) in [5.41, 5.74) is 2.32. The summed E-state index contributed by atoms with van der Waals surface area (Å²) in [6, 6.07) is 16.1. The van der Waals surface area contributed by atoms with Gasteiger partial charge >= 0.3 is 0 Å². The number of pyridine rings is 1. The van der Waals surface area contributed by atoms with E-state index in [4.69, 9.17) is 0 Å². The van der Waals surface area contributed by atoms with Crippen molar-refractivity contribution >= 4 is 45.1 Å². The number of hydrogen-bond acceptors (Lipinski definition) is 5. The van der Waals surface area contributed by atoms with Crippen LogP contribution in [0.1, 0.15) is 11.3 Å². The Morgan fingerprint density at radius 2 is 2.00 bits per heavy atom. The average molecular weight is 414 g/mol. The van der Waals surface area contributed by atoms with Gasteiger partial charge < -0.3 is 5.32 Å². The van der Waals surface area contributed by atoms with Crippen LogP contribution in [0.5, 0.6) is 0 Å². The van der Waals surface area contributed by atoms with Crippen molar-refractivity contribution in [3.8, 4) is 0 Å². The van der Waals surface area contributed by atoms with E-state index >= 15 is 0 Å². The van der Waals surface area contributed by atoms with Crippen molar-refractivity contribution in [1.82, 2.24) is 9.29 Å². The summed E-state index contributed by atoms with van der Waals surface area (Å²) in [4.78, 5) is 16.5. The molecule has 3 rings (SSSR count). The molecular weight excluding hydrogens is 394 g/mol. The maximum Gasteiger partial charge on any atom is 0.252 e. The average Bonchev–Trinajstić information content (AvgIpc) is 3.23. The van der Waals surface area contributed by atoms with Crippen LogP contribution in [0.15, 0.2) is 70.4 Å². The Kier molecular flexibility index (Phi) is 6.35. The van der Waals surface area contributed by atoms with E-state index < -0.39 is 15.9 Å². The third kappa shape index (κ3) is 5.13. The molecule has 8 heteroatoms. The predicted octanol–water partition coefficient (Wildman–Crippen LogP) is 3.57. The number of likely N-dealkylation sites (N-methyl/N-ethyl adjacent to an activating group) is 1. The van der Waals surface area contributed by atoms with Crippen LogP contribution in [-0.2, 0) is 14.8 Å². The maximum atomic E-state index is 12.4. The molecule has 28 heavy (non-hydrogen) atoms. The number of benzene rings is 1. The number of rotatable bonds is 7. The maximum absolute atomic E-state index is 12.4. The highest BCUT2D eigenvalue weighted by molar-refractivity contribution is 7.91. The van der Waals surface area contributed by atoms with Gasteiger partial charge in [0, 0.05) is 18.9 Å². The molecule has 0 spiro atoms. The molecule has 0 saturated heterocycles. The van der Waals surface area contributed by atoms with Gasteiger partial charge in [0.1, 0.15) is 4.21 Å². The van der Waals surface area contributed by atoms with Gasteiger partial charge in [-0.3, -0.25) is 9.78 Å². The van der Waals surface area contributed by atoms with Gasteiger partial charge in [-0.15, -0.1) is 11.3 Å². The second kappa shape index (κ2) is 8.92. The van der Waals surface area contributed by atoms with Crippen molar-refractivity contribution in [2.75, 3.05) is 18.9 Å². The Hall–Kier alpha value is -2.81. The predicted molar refractivity (Wildman–Crippen MR) is 112 cm³/mol. The molecule has 144 valence electrons. The van der Waals surface area contributed by atoms with E-state index in [1.165, 1.54) is 13.1 Å². The number of sulfonamides is 1. The van der Waals surface area contributed by atoms with E-state index in [2.05, 4.69) is 10.3 Å². The van der Waals surface area contributed by atoms with Crippen molar-refractivity contribution in [2.24, 2.45) is 0 Å². The number of hydrogen-bond donors (Lipinski definition) is 1. The lowest BCUT2D eigenvalue weighted by Gasteiger charge is -2.15. The van der Waals surface area contributed by atoms with Crippen molar-refractivity contribution in [2.45, 2.75) is 4.21 Å². The fraction of sp³-hybridized carbons (Fsp3) is 0.100. The molecule has 1 amide bonds. The van der Waals surface area contributed by atoms with Gasteiger partial charge in [-0.25, -0.2) is 8.42 Å². The van der Waals surface area contributed by atoms with Gasteiger partial charge in [0.05, 0.1) is 12.2 Å². The van der Waals surface area contributed by atoms with Crippen molar-refractivity contribution in [3.63, 3.8) is 0 Å². The van der Waals surface area contributed by atoms with Crippen LogP contribution in [-0.4, -0.2) is 37.2 Å². The zero-order valence-electron chi connectivity index (χ0n) is 15.1. The summed E-state index contributed by atoms with van der Waals surface area (Å²) in [5, 5.41) is 4.42. The van der Waals surface area contributed by atoms with Gasteiger partial charge in [0.25, 0.3) is 10.0 Å². The molecule has 0 fully saturated rings. The second-order valence-electron chi connectivity index (χ2n) is 5.95. The van der Waals surface area contributed by atoms with Crippen LogP contribution >= 0.6 is 11.3 Å². The van der Waals surface area contributed by atoms with Gasteiger partial charge in [0.15, 0.2) is 0 Å². The summed E-state index contributed by atoms with van der Waals surface area (Å²) in [5.74, 6) is -0.409. The third-order valence-corrected chi connectivity index (χ3v) is 7.01. The highest BCUT2D eigenvalue weighted by Crippen LogP contribution is 2.20. The summed E-state index contributed by atoms with van der Waals surface area (Å²) in [6.45, 7) is -0.270. The Balaban J connectivity index is 1.64. The normalized spacial score (nSPS) is 11.8. The molecule has 0 aliphatic carbocycles. The van der Waals surface area contributed by atoms with Gasteiger partial charge in [-0.05, 0) is 47.4 Å². The minimum Gasteiger partial charge on any atom is -0.325 e. The van der Waals surface area contributed by atoms with Crippen molar-refractivity contribution < 1.29 is 13.2 Å². The quantitative estimate of drug-likeness (QED) is 0.642. The van der Waals surface area contributed by atoms with Crippen LogP contribution in [0.25, 0.3) is 12.2 Å². The van der Waals surface area contributed by atoms with Crippen LogP contribution in [0.2, 0.25) is 0 Å². The summed E-state index contributed by atoms with van der Waals surface area (Å²) < 4.78 is 26.0. The van der Waals surface area contributed by atoms with Gasteiger partial charge in [-0.1, -0.05) is 30.3 Å². The highest BCUT2D eigenvalue weighted by atomic mass is 32.2. The number of thiophene rings is 1. The molecule has 2 heterocycles. The summed E-state index contributed by atoms with van der Waals surface area (Å²) in [7, 11) is -2.27. The standard InChI is InChI=1S/C20H19N3O3S2/c1-23(28(25,26)20-9-5-13-27-20)15-19(24)22-18-8-4-6-16(14-18)10-11-17-7-2-3-12-21-17/h2-14H,15H2,1H3,(H,22,24)/b11-10+. The molecule has 6 nitrogen and oxygen atoms in total. The molecule has 2 aromatic heterocycles. The SMILES string of the molecule is CN(CC(=O)Nc1cccc(/C=C/c2ccccn2)c1)S(=O)(=O)c1cccs1. The highest BCUT2D eigenvalue weighted by Gasteiger charge is 2.23. The van der Waals surface area contributed by atoms with Crippen LogP contribution in [0.4, 0.5) is 5.69 Å². The topological polar surface area (TPSA) is 79.4 Å². The Morgan fingerprint density at radius 1 is 1.14 bits per heavy atom. The number of nitrogens with zero attached hydrogens (tertiary/aromatic N) is 2. The first-order chi connectivity index (χ1) is 13.4. The third-order valence-electron chi connectivity index (χ3n) is 3.83. The first-order valence-electron chi connectivity index (χ1n) is 8.44. The molecular formula is C20H19N3O3S2. The molecule has 3 aromatic rings. The first kappa shape index (κ1) is 19.9. The van der Waals surface area contributed by atoms with E-state index in [0.717, 1.165) is 26.9 Å². The lowest BCUT2D eigenvalue weighted by atomic mass is 10.1. The minimum absolute atomic E-state index is 0.212. The fourth-order valence-electron chi connectivity index (χ4n) is 2.43. The molecule has 0 aliphatic heterocycles. The van der Waals surface area contributed by atoms with Crippen molar-refractivity contribution in [1.29, 1.82) is 0 Å². The number of amides is 1. The lowest BCUT2D eigenvalue weighted by molar-refractivity contribution is -0.116. The number of anilines is 1. The number of nitrogens with one attached hydrogen (secondary N) is 1. The van der Waals surface area contributed by atoms with E-state index in [9.17, 15) is 13.2 Å². The van der Waals surface area contributed by atoms with Gasteiger partial charge in [0.2, 0.25) is 5.91 Å². The molecule has 0 aliphatic rings. The smallest absolute Gasteiger partial charge is 0.252 e. The van der Waals surface area contributed by atoms with E-state index in [1.807, 2.05) is 48.6 Å². The largest absolute Gasteiger partial charge is 0.325 e. The van der Waals surface area contributed by atoms with E-state index in [1.54, 1.807) is 23.7 Å². The van der Waals surface area contributed by atoms with Crippen LogP contribution in [0, 0.1) is 0 Å². The molecule has 0 bridgehead atoms. The van der Waals surface area contributed by atoms with E-state index in [-0.39, 0.29) is 10.8 Å². The van der Waals surface area contributed by atoms with Crippen molar-refractivity contribution in [3.05, 3.63) is 77.4 Å². The molecule has 1 aromatic carbocycles. The minimum atomic E-state index is -3.66. The fourth-order valence-corrected chi connectivity index (χ4v) is 4.76. The molecule has 0 atom stereocenters. The Labute approximate surface area is 168 Å². The molecule has 0 unspecified atom stereocenters. The van der Waals surface area contributed by atoms with E-state index in [0.29, 0.717) is 5.69 Å². The summed E-state index contributed by atoms with van der Waals surface area (Å²) in [6.07, 6.45) is 5.49. The zero-order chi connectivity index (χ0) is 20.0. The molecule has 1 N–H and O–H groups in total. The molecule has 0 saturated carbocycles. The first-order valence-corrected chi connectivity index (χ1v) is 10.8. The van der Waals surface area contributed by atoms with Gasteiger partial charge in [-0.2, -0.15) is 4.31 Å². The van der Waals surface area contributed by atoms with Crippen LogP contribution in [0.3, 0.4) is 0 Å². The summed E-state index contributed by atoms with van der Waals surface area (Å²) >= 11 is 1.12. The van der Waals surface area contributed by atoms with Crippen LogP contribution < -0.4 is 5.32 Å². The zero-order valence-corrected chi connectivity index (χ0v) is 16.8. The monoisotopic (exact) mass is 413 g/mol.